The van der Waals surface area contributed by atoms with Gasteiger partial charge in [0, 0.05) is 18.0 Å². The molecule has 2 aromatic carbocycles. The molecule has 1 aromatic heterocycles. The van der Waals surface area contributed by atoms with E-state index in [4.69, 9.17) is 4.74 Å². The minimum Gasteiger partial charge on any atom is -0.497 e. The van der Waals surface area contributed by atoms with E-state index in [9.17, 15) is 13.2 Å². The Balaban J connectivity index is 1.77. The molecular weight excluding hydrogens is 362 g/mol. The first-order valence-corrected chi connectivity index (χ1v) is 9.88. The van der Waals surface area contributed by atoms with Crippen LogP contribution in [0.2, 0.25) is 0 Å². The van der Waals surface area contributed by atoms with Crippen LogP contribution < -0.4 is 15.4 Å². The molecule has 0 saturated heterocycles. The van der Waals surface area contributed by atoms with E-state index in [1.807, 2.05) is 0 Å². The number of fused-ring (bicyclic) bond motifs is 1. The molecule has 0 aliphatic carbocycles. The average Bonchev–Trinajstić information content (AvgIpc) is 2.95. The summed E-state index contributed by atoms with van der Waals surface area (Å²) in [6, 6.07) is 11.2. The van der Waals surface area contributed by atoms with Crippen molar-refractivity contribution >= 4 is 48.2 Å². The Morgan fingerprint density at radius 3 is 2.68 bits per heavy atom. The monoisotopic (exact) mass is 377 g/mol. The van der Waals surface area contributed by atoms with Crippen LogP contribution >= 0.6 is 11.3 Å². The number of rotatable bonds is 4. The van der Waals surface area contributed by atoms with Gasteiger partial charge < -0.3 is 10.1 Å². The van der Waals surface area contributed by atoms with Crippen molar-refractivity contribution in [1.29, 1.82) is 0 Å². The molecule has 9 heteroatoms. The number of urea groups is 1. The summed E-state index contributed by atoms with van der Waals surface area (Å²) in [6.45, 7) is 0. The molecule has 0 aliphatic heterocycles. The molecule has 0 aliphatic rings. The number of hydrogen-bond acceptors (Lipinski definition) is 6. The van der Waals surface area contributed by atoms with Crippen LogP contribution in [0.25, 0.3) is 10.2 Å². The zero-order valence-corrected chi connectivity index (χ0v) is 15.1. The minimum absolute atomic E-state index is 0.219. The Kier molecular flexibility index (Phi) is 4.60. The van der Waals surface area contributed by atoms with E-state index in [1.165, 1.54) is 17.4 Å². The van der Waals surface area contributed by atoms with Crippen LogP contribution in [0.5, 0.6) is 5.75 Å². The number of nitrogens with one attached hydrogen (secondary N) is 2. The third-order valence-electron chi connectivity index (χ3n) is 3.34. The van der Waals surface area contributed by atoms with Crippen LogP contribution in [0, 0.1) is 0 Å². The highest BCUT2D eigenvalue weighted by Crippen LogP contribution is 2.28. The van der Waals surface area contributed by atoms with Crippen molar-refractivity contribution in [2.24, 2.45) is 0 Å². The third-order valence-corrected chi connectivity index (χ3v) is 5.38. The second-order valence-electron chi connectivity index (χ2n) is 5.23. The number of amides is 2. The van der Waals surface area contributed by atoms with E-state index in [-0.39, 0.29) is 4.90 Å². The molecule has 3 aromatic rings. The van der Waals surface area contributed by atoms with E-state index in [1.54, 1.807) is 43.5 Å². The largest absolute Gasteiger partial charge is 0.497 e. The lowest BCUT2D eigenvalue weighted by Gasteiger charge is -2.06. The number of nitrogens with zero attached hydrogens (tertiary/aromatic N) is 1. The lowest BCUT2D eigenvalue weighted by atomic mass is 10.3. The van der Waals surface area contributed by atoms with Gasteiger partial charge in [-0.05, 0) is 30.3 Å². The average molecular weight is 377 g/mol. The Labute approximate surface area is 148 Å². The predicted octanol–water partition coefficient (Wildman–Crippen LogP) is 3.35. The number of aromatic nitrogens is 1. The van der Waals surface area contributed by atoms with Gasteiger partial charge in [-0.2, -0.15) is 0 Å². The van der Waals surface area contributed by atoms with Crippen molar-refractivity contribution in [2.45, 2.75) is 4.90 Å². The van der Waals surface area contributed by atoms with Crippen LogP contribution in [-0.4, -0.2) is 32.8 Å². The first-order chi connectivity index (χ1) is 11.8. The summed E-state index contributed by atoms with van der Waals surface area (Å²) in [7, 11) is -1.74. The van der Waals surface area contributed by atoms with Gasteiger partial charge in [0.15, 0.2) is 15.0 Å². The second kappa shape index (κ2) is 6.69. The number of benzene rings is 2. The van der Waals surface area contributed by atoms with Crippen LogP contribution in [0.3, 0.4) is 0 Å². The third kappa shape index (κ3) is 4.06. The van der Waals surface area contributed by atoms with Gasteiger partial charge in [-0.15, -0.1) is 0 Å². The number of carbonyl (C=O) groups excluding carboxylic acids is 1. The van der Waals surface area contributed by atoms with E-state index >= 15 is 0 Å². The zero-order valence-electron chi connectivity index (χ0n) is 13.4. The Bertz CT molecular complexity index is 1040. The quantitative estimate of drug-likeness (QED) is 0.727. The van der Waals surface area contributed by atoms with Gasteiger partial charge in [0.2, 0.25) is 0 Å². The first-order valence-electron chi connectivity index (χ1n) is 7.18. The maximum absolute atomic E-state index is 12.1. The van der Waals surface area contributed by atoms with E-state index in [0.29, 0.717) is 26.8 Å². The van der Waals surface area contributed by atoms with Crippen molar-refractivity contribution in [1.82, 2.24) is 4.98 Å². The summed E-state index contributed by atoms with van der Waals surface area (Å²) in [5.74, 6) is 0.631. The number of thiazole rings is 1. The highest BCUT2D eigenvalue weighted by molar-refractivity contribution is 7.90. The van der Waals surface area contributed by atoms with Crippen LogP contribution in [0.15, 0.2) is 47.4 Å². The van der Waals surface area contributed by atoms with E-state index in [2.05, 4.69) is 15.6 Å². The number of carbonyl (C=O) groups is 1. The molecule has 0 saturated carbocycles. The normalized spacial score (nSPS) is 11.3. The van der Waals surface area contributed by atoms with Gasteiger partial charge in [-0.3, -0.25) is 5.32 Å². The molecule has 0 radical (unpaired) electrons. The number of hydrogen-bond donors (Lipinski definition) is 2. The fraction of sp³-hybridized carbons (Fsp3) is 0.125. The second-order valence-corrected chi connectivity index (χ2v) is 8.28. The summed E-state index contributed by atoms with van der Waals surface area (Å²) in [5, 5.41) is 5.70. The minimum atomic E-state index is -3.29. The Morgan fingerprint density at radius 2 is 1.96 bits per heavy atom. The van der Waals surface area contributed by atoms with Crippen molar-refractivity contribution < 1.29 is 17.9 Å². The molecule has 7 nitrogen and oxygen atoms in total. The van der Waals surface area contributed by atoms with Crippen molar-refractivity contribution in [2.75, 3.05) is 24.0 Å². The molecule has 3 rings (SSSR count). The molecule has 1 heterocycles. The highest BCUT2D eigenvalue weighted by Gasteiger charge is 2.12. The molecular formula is C16H15N3O4S2. The molecule has 0 fully saturated rings. The molecule has 0 bridgehead atoms. The standard InChI is InChI=1S/C16H15N3O4S2/c1-23-11-5-3-4-10(8-11)17-15(20)19-16-18-13-7-6-12(25(2,21)22)9-14(13)24-16/h3-9H,1-2H3,(H2,17,18,19,20). The van der Waals surface area contributed by atoms with Gasteiger partial charge in [-0.25, -0.2) is 18.2 Å². The topological polar surface area (TPSA) is 97.4 Å². The SMILES string of the molecule is COc1cccc(NC(=O)Nc2nc3ccc(S(C)(=O)=O)cc3s2)c1. The van der Waals surface area contributed by atoms with E-state index in [0.717, 1.165) is 6.26 Å². The first kappa shape index (κ1) is 17.2. The summed E-state index contributed by atoms with van der Waals surface area (Å²) >= 11 is 1.20. The van der Waals surface area contributed by atoms with Gasteiger partial charge in [0.05, 0.1) is 22.2 Å². The lowest BCUT2D eigenvalue weighted by molar-refractivity contribution is 0.262. The maximum Gasteiger partial charge on any atom is 0.325 e. The Hall–Kier alpha value is -2.65. The summed E-state index contributed by atoms with van der Waals surface area (Å²) in [5.41, 5.74) is 1.20. The highest BCUT2D eigenvalue weighted by atomic mass is 32.2. The van der Waals surface area contributed by atoms with Crippen LogP contribution in [-0.2, 0) is 9.84 Å². The molecule has 130 valence electrons. The fourth-order valence-corrected chi connectivity index (χ4v) is 3.77. The smallest absolute Gasteiger partial charge is 0.325 e. The molecule has 2 amide bonds. The van der Waals surface area contributed by atoms with Gasteiger partial charge in [-0.1, -0.05) is 17.4 Å². The fourth-order valence-electron chi connectivity index (χ4n) is 2.15. The number of ether oxygens (including phenoxy) is 1. The van der Waals surface area contributed by atoms with Crippen molar-refractivity contribution in [3.8, 4) is 5.75 Å². The molecule has 0 atom stereocenters. The van der Waals surface area contributed by atoms with Gasteiger partial charge >= 0.3 is 6.03 Å². The lowest BCUT2D eigenvalue weighted by Crippen LogP contribution is -2.19. The number of methoxy groups -OCH3 is 1. The van der Waals surface area contributed by atoms with Crippen LogP contribution in [0.1, 0.15) is 0 Å². The number of sulfone groups is 1. The van der Waals surface area contributed by atoms with Crippen LogP contribution in [0.4, 0.5) is 15.6 Å². The summed E-state index contributed by atoms with van der Waals surface area (Å²) < 4.78 is 29.0. The van der Waals surface area contributed by atoms with Gasteiger partial charge in [0.1, 0.15) is 5.75 Å². The molecule has 0 spiro atoms. The Morgan fingerprint density at radius 1 is 1.16 bits per heavy atom. The molecule has 0 unspecified atom stereocenters. The maximum atomic E-state index is 12.1. The molecule has 2 N–H and O–H groups in total. The number of anilines is 2. The predicted molar refractivity (Wildman–Crippen MR) is 98.4 cm³/mol. The van der Waals surface area contributed by atoms with Crippen molar-refractivity contribution in [3.63, 3.8) is 0 Å². The summed E-state index contributed by atoms with van der Waals surface area (Å²) in [4.78, 5) is 16.6. The summed E-state index contributed by atoms with van der Waals surface area (Å²) in [6.07, 6.45) is 1.15. The zero-order chi connectivity index (χ0) is 18.0. The van der Waals surface area contributed by atoms with Crippen molar-refractivity contribution in [3.05, 3.63) is 42.5 Å². The molecule has 25 heavy (non-hydrogen) atoms. The van der Waals surface area contributed by atoms with E-state index < -0.39 is 15.9 Å². The van der Waals surface area contributed by atoms with Gasteiger partial charge in [0.25, 0.3) is 0 Å².